The van der Waals surface area contributed by atoms with Gasteiger partial charge in [0.05, 0.1) is 7.11 Å². The van der Waals surface area contributed by atoms with Crippen LogP contribution >= 0.6 is 24.0 Å². The average molecular weight is 509 g/mol. The minimum absolute atomic E-state index is 0. The normalized spacial score (nSPS) is 14.4. The van der Waals surface area contributed by atoms with Gasteiger partial charge in [-0.1, -0.05) is 18.2 Å². The number of hydrogen-bond donors (Lipinski definition) is 1. The lowest BCUT2D eigenvalue weighted by Crippen LogP contribution is -2.52. The summed E-state index contributed by atoms with van der Waals surface area (Å²) in [5.74, 6) is 3.00. The Morgan fingerprint density at radius 1 is 1.17 bits per heavy atom. The van der Waals surface area contributed by atoms with Crippen molar-refractivity contribution in [3.05, 3.63) is 53.7 Å². The number of piperazine rings is 1. The number of guanidine groups is 1. The quantitative estimate of drug-likeness (QED) is 0.368. The fourth-order valence-electron chi connectivity index (χ4n) is 3.42. The van der Waals surface area contributed by atoms with Gasteiger partial charge in [0.15, 0.2) is 5.96 Å². The highest BCUT2D eigenvalue weighted by molar-refractivity contribution is 14.0. The summed E-state index contributed by atoms with van der Waals surface area (Å²) in [5.41, 5.74) is 2.41. The van der Waals surface area contributed by atoms with Crippen molar-refractivity contribution in [2.24, 2.45) is 4.99 Å². The van der Waals surface area contributed by atoms with Crippen molar-refractivity contribution >= 4 is 35.8 Å². The molecular formula is C22H32IN5O. The molecule has 2 heterocycles. The molecule has 0 spiro atoms. The largest absolute Gasteiger partial charge is 0.496 e. The van der Waals surface area contributed by atoms with Crippen molar-refractivity contribution in [2.45, 2.75) is 20.3 Å². The van der Waals surface area contributed by atoms with Gasteiger partial charge in [0.2, 0.25) is 0 Å². The van der Waals surface area contributed by atoms with Gasteiger partial charge in [-0.25, -0.2) is 4.98 Å². The van der Waals surface area contributed by atoms with Crippen LogP contribution in [0.2, 0.25) is 0 Å². The molecule has 1 aromatic heterocycles. The number of rotatable bonds is 6. The Hall–Kier alpha value is -2.03. The molecule has 158 valence electrons. The molecule has 0 amide bonds. The third-order valence-electron chi connectivity index (χ3n) is 5.02. The predicted octanol–water partition coefficient (Wildman–Crippen LogP) is 3.35. The van der Waals surface area contributed by atoms with Gasteiger partial charge in [0, 0.05) is 45.5 Å². The highest BCUT2D eigenvalue weighted by Crippen LogP contribution is 2.19. The molecule has 1 N–H and O–H groups in total. The Labute approximate surface area is 191 Å². The molecule has 0 bridgehead atoms. The van der Waals surface area contributed by atoms with Gasteiger partial charge in [-0.15, -0.1) is 24.0 Å². The second kappa shape index (κ2) is 11.8. The zero-order valence-electron chi connectivity index (χ0n) is 17.6. The molecule has 1 aromatic carbocycles. The van der Waals surface area contributed by atoms with E-state index in [4.69, 9.17) is 9.73 Å². The van der Waals surface area contributed by atoms with E-state index < -0.39 is 0 Å². The number of aryl methyl sites for hydroxylation is 1. The molecule has 0 unspecified atom stereocenters. The second-order valence-electron chi connectivity index (χ2n) is 6.95. The van der Waals surface area contributed by atoms with E-state index in [1.807, 2.05) is 18.3 Å². The summed E-state index contributed by atoms with van der Waals surface area (Å²) in [5, 5.41) is 3.44. The fraction of sp³-hybridized carbons (Fsp3) is 0.455. The Kier molecular flexibility index (Phi) is 9.50. The molecular weight excluding hydrogens is 477 g/mol. The van der Waals surface area contributed by atoms with Gasteiger partial charge in [0.25, 0.3) is 0 Å². The number of nitrogens with one attached hydrogen (secondary N) is 1. The number of anilines is 1. The third kappa shape index (κ3) is 6.48. The van der Waals surface area contributed by atoms with Gasteiger partial charge in [-0.05, 0) is 49.6 Å². The summed E-state index contributed by atoms with van der Waals surface area (Å²) in [6.07, 6.45) is 2.76. The molecule has 3 rings (SSSR count). The average Bonchev–Trinajstić information content (AvgIpc) is 2.75. The van der Waals surface area contributed by atoms with E-state index in [2.05, 4.69) is 58.2 Å². The van der Waals surface area contributed by atoms with Crippen LogP contribution in [0.5, 0.6) is 5.75 Å². The Morgan fingerprint density at radius 3 is 2.62 bits per heavy atom. The van der Waals surface area contributed by atoms with E-state index in [0.717, 1.165) is 68.8 Å². The molecule has 1 fully saturated rings. The zero-order chi connectivity index (χ0) is 19.8. The zero-order valence-corrected chi connectivity index (χ0v) is 19.9. The minimum atomic E-state index is 0. The molecule has 1 aliphatic rings. The van der Waals surface area contributed by atoms with Gasteiger partial charge < -0.3 is 19.9 Å². The van der Waals surface area contributed by atoms with Crippen molar-refractivity contribution < 1.29 is 4.74 Å². The molecule has 1 saturated heterocycles. The first-order valence-corrected chi connectivity index (χ1v) is 10.0. The van der Waals surface area contributed by atoms with Crippen LogP contribution in [0.3, 0.4) is 0 Å². The number of benzene rings is 1. The van der Waals surface area contributed by atoms with Gasteiger partial charge in [-0.3, -0.25) is 4.99 Å². The van der Waals surface area contributed by atoms with Gasteiger partial charge in [0.1, 0.15) is 11.6 Å². The Balaban J connectivity index is 0.00000300. The maximum Gasteiger partial charge on any atom is 0.194 e. The standard InChI is InChI=1S/C22H31N5O.HI/c1-4-23-22(25-12-10-19-9-8-18(2)20(17-19)28-3)27-15-13-26(14-16-27)21-7-5-6-11-24-21;/h5-9,11,17H,4,10,12-16H2,1-3H3,(H,23,25);1H. The van der Waals surface area contributed by atoms with Crippen LogP contribution in [0.1, 0.15) is 18.1 Å². The topological polar surface area (TPSA) is 53.0 Å². The number of pyridine rings is 1. The maximum atomic E-state index is 5.43. The van der Waals surface area contributed by atoms with Crippen LogP contribution < -0.4 is 15.0 Å². The molecule has 7 heteroatoms. The Bertz CT molecular complexity index is 776. The summed E-state index contributed by atoms with van der Waals surface area (Å²) in [6, 6.07) is 12.5. The van der Waals surface area contributed by atoms with E-state index in [-0.39, 0.29) is 24.0 Å². The van der Waals surface area contributed by atoms with E-state index in [1.54, 1.807) is 7.11 Å². The van der Waals surface area contributed by atoms with Crippen LogP contribution in [0.15, 0.2) is 47.6 Å². The van der Waals surface area contributed by atoms with Crippen LogP contribution in [0, 0.1) is 6.92 Å². The first kappa shape index (κ1) is 23.3. The predicted molar refractivity (Wildman–Crippen MR) is 131 cm³/mol. The summed E-state index contributed by atoms with van der Waals surface area (Å²) < 4.78 is 5.43. The molecule has 2 aromatic rings. The van der Waals surface area contributed by atoms with Crippen LogP contribution in [0.25, 0.3) is 0 Å². The molecule has 6 nitrogen and oxygen atoms in total. The smallest absolute Gasteiger partial charge is 0.194 e. The first-order chi connectivity index (χ1) is 13.7. The van der Waals surface area contributed by atoms with E-state index in [1.165, 1.54) is 5.56 Å². The number of nitrogens with zero attached hydrogens (tertiary/aromatic N) is 4. The first-order valence-electron chi connectivity index (χ1n) is 10.0. The minimum Gasteiger partial charge on any atom is -0.496 e. The van der Waals surface area contributed by atoms with E-state index >= 15 is 0 Å². The molecule has 0 aliphatic carbocycles. The SMILES string of the molecule is CCNC(=NCCc1ccc(C)c(OC)c1)N1CCN(c2ccccn2)CC1.I. The van der Waals surface area contributed by atoms with Crippen LogP contribution in [-0.2, 0) is 6.42 Å². The van der Waals surface area contributed by atoms with Crippen molar-refractivity contribution in [3.8, 4) is 5.75 Å². The number of aliphatic imine (C=N–C) groups is 1. The molecule has 0 radical (unpaired) electrons. The summed E-state index contributed by atoms with van der Waals surface area (Å²) >= 11 is 0. The van der Waals surface area contributed by atoms with E-state index in [0.29, 0.717) is 0 Å². The van der Waals surface area contributed by atoms with Crippen molar-refractivity contribution in [1.82, 2.24) is 15.2 Å². The molecule has 1 aliphatic heterocycles. The summed E-state index contributed by atoms with van der Waals surface area (Å²) in [7, 11) is 1.72. The third-order valence-corrected chi connectivity index (χ3v) is 5.02. The number of hydrogen-bond acceptors (Lipinski definition) is 4. The number of ether oxygens (including phenoxy) is 1. The lowest BCUT2D eigenvalue weighted by Gasteiger charge is -2.37. The highest BCUT2D eigenvalue weighted by Gasteiger charge is 2.20. The van der Waals surface area contributed by atoms with Crippen molar-refractivity contribution in [2.75, 3.05) is 51.3 Å². The monoisotopic (exact) mass is 509 g/mol. The van der Waals surface area contributed by atoms with E-state index in [9.17, 15) is 0 Å². The summed E-state index contributed by atoms with van der Waals surface area (Å²) in [4.78, 5) is 14.0. The fourth-order valence-corrected chi connectivity index (χ4v) is 3.42. The molecule has 29 heavy (non-hydrogen) atoms. The summed E-state index contributed by atoms with van der Waals surface area (Å²) in [6.45, 7) is 9.61. The number of aromatic nitrogens is 1. The van der Waals surface area contributed by atoms with Crippen molar-refractivity contribution in [3.63, 3.8) is 0 Å². The number of methoxy groups -OCH3 is 1. The number of halogens is 1. The van der Waals surface area contributed by atoms with Crippen LogP contribution in [0.4, 0.5) is 5.82 Å². The lowest BCUT2D eigenvalue weighted by molar-refractivity contribution is 0.371. The second-order valence-corrected chi connectivity index (χ2v) is 6.95. The van der Waals surface area contributed by atoms with Crippen LogP contribution in [-0.4, -0.2) is 62.2 Å². The van der Waals surface area contributed by atoms with Gasteiger partial charge in [-0.2, -0.15) is 0 Å². The van der Waals surface area contributed by atoms with Gasteiger partial charge >= 0.3 is 0 Å². The highest BCUT2D eigenvalue weighted by atomic mass is 127. The molecule has 0 saturated carbocycles. The van der Waals surface area contributed by atoms with Crippen molar-refractivity contribution in [1.29, 1.82) is 0 Å². The molecule has 0 atom stereocenters. The maximum absolute atomic E-state index is 5.43. The lowest BCUT2D eigenvalue weighted by atomic mass is 10.1. The Morgan fingerprint density at radius 2 is 1.97 bits per heavy atom.